The molecule has 0 aromatic rings. The zero-order chi connectivity index (χ0) is 25.8. The van der Waals surface area contributed by atoms with Gasteiger partial charge in [-0.2, -0.15) is 0 Å². The average molecular weight is 501 g/mol. The third-order valence-electron chi connectivity index (χ3n) is 13.5. The van der Waals surface area contributed by atoms with Gasteiger partial charge in [-0.3, -0.25) is 0 Å². The first-order valence-corrected chi connectivity index (χ1v) is 16.4. The van der Waals surface area contributed by atoms with Crippen molar-refractivity contribution in [2.75, 3.05) is 0 Å². The Balaban J connectivity index is 1.25. The SMILES string of the molecule is CC(C)CCC[C@@H](C)[C@H]1CC[C@H]2[C@@H]3CC[C@H]4C[C@@](O)(CC5(O)CCCCC5)CC[C@]4(C)[C@H]3CC[C@]12C. The minimum Gasteiger partial charge on any atom is -0.390 e. The van der Waals surface area contributed by atoms with E-state index in [1.807, 2.05) is 0 Å². The van der Waals surface area contributed by atoms with Crippen LogP contribution in [0.2, 0.25) is 0 Å². The van der Waals surface area contributed by atoms with E-state index in [1.165, 1.54) is 70.6 Å². The number of aliphatic hydroxyl groups is 2. The van der Waals surface area contributed by atoms with Crippen molar-refractivity contribution >= 4 is 0 Å². The molecule has 0 heterocycles. The lowest BCUT2D eigenvalue weighted by molar-refractivity contribution is -0.170. The number of hydrogen-bond donors (Lipinski definition) is 2. The largest absolute Gasteiger partial charge is 0.390 e. The van der Waals surface area contributed by atoms with E-state index in [-0.39, 0.29) is 0 Å². The number of rotatable bonds is 7. The van der Waals surface area contributed by atoms with Gasteiger partial charge < -0.3 is 10.2 Å². The molecule has 0 saturated heterocycles. The number of fused-ring (bicyclic) bond motifs is 5. The highest BCUT2D eigenvalue weighted by Crippen LogP contribution is 2.69. The first-order chi connectivity index (χ1) is 17.0. The highest BCUT2D eigenvalue weighted by atomic mass is 16.3. The molecule has 9 atom stereocenters. The summed E-state index contributed by atoms with van der Waals surface area (Å²) in [5.74, 6) is 6.05. The third-order valence-corrected chi connectivity index (χ3v) is 13.5. The van der Waals surface area contributed by atoms with Crippen LogP contribution in [0, 0.1) is 52.3 Å². The van der Waals surface area contributed by atoms with E-state index in [2.05, 4.69) is 34.6 Å². The normalized spacial score (nSPS) is 47.2. The van der Waals surface area contributed by atoms with Crippen molar-refractivity contribution in [3.05, 3.63) is 0 Å². The molecule has 0 aliphatic heterocycles. The highest BCUT2D eigenvalue weighted by molar-refractivity contribution is 5.11. The van der Waals surface area contributed by atoms with Gasteiger partial charge in [-0.1, -0.05) is 73.1 Å². The van der Waals surface area contributed by atoms with Crippen LogP contribution >= 0.6 is 0 Å². The maximum absolute atomic E-state index is 11.8. The van der Waals surface area contributed by atoms with Crippen LogP contribution in [0.4, 0.5) is 0 Å². The van der Waals surface area contributed by atoms with Crippen LogP contribution in [0.1, 0.15) is 150 Å². The Morgan fingerprint density at radius 2 is 1.42 bits per heavy atom. The second-order valence-corrected chi connectivity index (χ2v) is 16.1. The van der Waals surface area contributed by atoms with Gasteiger partial charge in [0.1, 0.15) is 0 Å². The molecule has 0 aromatic carbocycles. The Morgan fingerprint density at radius 3 is 2.14 bits per heavy atom. The first kappa shape index (κ1) is 27.5. The van der Waals surface area contributed by atoms with Gasteiger partial charge in [0, 0.05) is 6.42 Å². The summed E-state index contributed by atoms with van der Waals surface area (Å²) in [5.41, 5.74) is -0.251. The molecule has 208 valence electrons. The first-order valence-electron chi connectivity index (χ1n) is 16.4. The van der Waals surface area contributed by atoms with E-state index in [0.717, 1.165) is 74.0 Å². The third kappa shape index (κ3) is 4.98. The predicted octanol–water partition coefficient (Wildman–Crippen LogP) is 8.92. The van der Waals surface area contributed by atoms with Crippen LogP contribution in [0.5, 0.6) is 0 Å². The van der Waals surface area contributed by atoms with Gasteiger partial charge in [-0.25, -0.2) is 0 Å². The molecular weight excluding hydrogens is 440 g/mol. The minimum atomic E-state index is -0.629. The van der Waals surface area contributed by atoms with Gasteiger partial charge in [-0.05, 0) is 123 Å². The summed E-state index contributed by atoms with van der Waals surface area (Å²) in [6.07, 6.45) is 21.8. The molecule has 2 N–H and O–H groups in total. The van der Waals surface area contributed by atoms with Crippen molar-refractivity contribution in [3.63, 3.8) is 0 Å². The molecule has 5 aliphatic carbocycles. The molecule has 0 aromatic heterocycles. The van der Waals surface area contributed by atoms with E-state index < -0.39 is 11.2 Å². The lowest BCUT2D eigenvalue weighted by Gasteiger charge is -2.62. The fraction of sp³-hybridized carbons (Fsp3) is 1.00. The van der Waals surface area contributed by atoms with Crippen molar-refractivity contribution in [1.82, 2.24) is 0 Å². The van der Waals surface area contributed by atoms with Crippen molar-refractivity contribution in [1.29, 1.82) is 0 Å². The fourth-order valence-electron chi connectivity index (χ4n) is 11.5. The Morgan fingerprint density at radius 1 is 0.694 bits per heavy atom. The quantitative estimate of drug-likeness (QED) is 0.366. The van der Waals surface area contributed by atoms with Crippen molar-refractivity contribution in [2.24, 2.45) is 52.3 Å². The summed E-state index contributed by atoms with van der Waals surface area (Å²) in [4.78, 5) is 0. The standard InChI is InChI=1S/C34H60O2/c1-24(2)10-9-11-25(3)28-14-15-29-27-13-12-26-22-34(36,23-33(35)17-7-6-8-18-33)21-20-31(26,4)30(27)16-19-32(28,29)5/h24-30,35-36H,6-23H2,1-5H3/t25-,26+,27+,28-,29+,30+,31+,32-,34-/m1/s1. The Labute approximate surface area is 223 Å². The highest BCUT2D eigenvalue weighted by Gasteiger charge is 2.62. The summed E-state index contributed by atoms with van der Waals surface area (Å²) in [6, 6.07) is 0. The summed E-state index contributed by atoms with van der Waals surface area (Å²) < 4.78 is 0. The summed E-state index contributed by atoms with van der Waals surface area (Å²) in [7, 11) is 0. The van der Waals surface area contributed by atoms with Crippen LogP contribution in [-0.4, -0.2) is 21.4 Å². The molecule has 5 saturated carbocycles. The van der Waals surface area contributed by atoms with E-state index in [0.29, 0.717) is 23.2 Å². The predicted molar refractivity (Wildman–Crippen MR) is 151 cm³/mol. The Bertz CT molecular complexity index is 754. The van der Waals surface area contributed by atoms with Crippen LogP contribution in [0.3, 0.4) is 0 Å². The second kappa shape index (κ2) is 10.1. The maximum atomic E-state index is 11.8. The lowest BCUT2D eigenvalue weighted by atomic mass is 9.43. The zero-order valence-corrected chi connectivity index (χ0v) is 24.7. The van der Waals surface area contributed by atoms with Crippen LogP contribution in [0.15, 0.2) is 0 Å². The van der Waals surface area contributed by atoms with E-state index in [9.17, 15) is 10.2 Å². The maximum Gasteiger partial charge on any atom is 0.0678 e. The number of hydrogen-bond acceptors (Lipinski definition) is 2. The minimum absolute atomic E-state index is 0.409. The van der Waals surface area contributed by atoms with Crippen molar-refractivity contribution < 1.29 is 10.2 Å². The second-order valence-electron chi connectivity index (χ2n) is 16.1. The molecule has 0 amide bonds. The Kier molecular flexibility index (Phi) is 7.75. The topological polar surface area (TPSA) is 40.5 Å². The molecule has 0 bridgehead atoms. The summed E-state index contributed by atoms with van der Waals surface area (Å²) >= 11 is 0. The summed E-state index contributed by atoms with van der Waals surface area (Å²) in [5, 5.41) is 23.0. The molecule has 2 heteroatoms. The molecule has 5 rings (SSSR count). The van der Waals surface area contributed by atoms with Crippen molar-refractivity contribution in [2.45, 2.75) is 161 Å². The molecule has 0 spiro atoms. The molecule has 5 aliphatic rings. The van der Waals surface area contributed by atoms with Crippen LogP contribution < -0.4 is 0 Å². The van der Waals surface area contributed by atoms with Gasteiger partial charge in [0.25, 0.3) is 0 Å². The molecule has 36 heavy (non-hydrogen) atoms. The zero-order valence-electron chi connectivity index (χ0n) is 24.7. The van der Waals surface area contributed by atoms with Gasteiger partial charge in [-0.15, -0.1) is 0 Å². The van der Waals surface area contributed by atoms with Gasteiger partial charge in [0.05, 0.1) is 11.2 Å². The molecule has 0 unspecified atom stereocenters. The molecule has 2 nitrogen and oxygen atoms in total. The molecule has 0 radical (unpaired) electrons. The fourth-order valence-corrected chi connectivity index (χ4v) is 11.5. The molecule has 5 fully saturated rings. The monoisotopic (exact) mass is 500 g/mol. The summed E-state index contributed by atoms with van der Waals surface area (Å²) in [6.45, 7) is 12.7. The van der Waals surface area contributed by atoms with Gasteiger partial charge in [0.2, 0.25) is 0 Å². The Hall–Kier alpha value is -0.0800. The van der Waals surface area contributed by atoms with E-state index in [4.69, 9.17) is 0 Å². The van der Waals surface area contributed by atoms with E-state index in [1.54, 1.807) is 0 Å². The van der Waals surface area contributed by atoms with Crippen LogP contribution in [0.25, 0.3) is 0 Å². The smallest absolute Gasteiger partial charge is 0.0678 e. The van der Waals surface area contributed by atoms with Crippen LogP contribution in [-0.2, 0) is 0 Å². The average Bonchev–Trinajstić information content (AvgIpc) is 3.17. The molecular formula is C34H60O2. The van der Waals surface area contributed by atoms with Gasteiger partial charge in [0.15, 0.2) is 0 Å². The lowest BCUT2D eigenvalue weighted by Crippen LogP contribution is -2.57. The van der Waals surface area contributed by atoms with Crippen molar-refractivity contribution in [3.8, 4) is 0 Å². The van der Waals surface area contributed by atoms with E-state index >= 15 is 0 Å². The van der Waals surface area contributed by atoms with Gasteiger partial charge >= 0.3 is 0 Å².